The van der Waals surface area contributed by atoms with Crippen molar-refractivity contribution < 1.29 is 5.11 Å². The topological polar surface area (TPSA) is 63.8 Å². The standard InChI is InChI=1S/C11H14N4O/c1-8(5-10-14-13-7-15(10)2)9-3-4-12-11(16)6-9/h3-4,6-8H,5H2,1-2H3,(H,12,16). The van der Waals surface area contributed by atoms with Crippen molar-refractivity contribution >= 4 is 0 Å². The van der Waals surface area contributed by atoms with Gasteiger partial charge in [-0.2, -0.15) is 0 Å². The highest BCUT2D eigenvalue weighted by molar-refractivity contribution is 5.23. The van der Waals surface area contributed by atoms with Gasteiger partial charge in [0.05, 0.1) is 0 Å². The zero-order valence-corrected chi connectivity index (χ0v) is 9.33. The number of pyridine rings is 1. The van der Waals surface area contributed by atoms with Gasteiger partial charge in [-0.05, 0) is 17.5 Å². The molecular weight excluding hydrogens is 204 g/mol. The molecule has 0 aliphatic heterocycles. The van der Waals surface area contributed by atoms with Gasteiger partial charge < -0.3 is 9.67 Å². The lowest BCUT2D eigenvalue weighted by Gasteiger charge is -2.10. The van der Waals surface area contributed by atoms with Gasteiger partial charge in [-0.25, -0.2) is 4.98 Å². The van der Waals surface area contributed by atoms with Crippen LogP contribution in [0.4, 0.5) is 0 Å². The lowest BCUT2D eigenvalue weighted by atomic mass is 9.98. The quantitative estimate of drug-likeness (QED) is 0.842. The van der Waals surface area contributed by atoms with Crippen molar-refractivity contribution in [2.75, 3.05) is 0 Å². The largest absolute Gasteiger partial charge is 0.493 e. The number of hydrogen-bond acceptors (Lipinski definition) is 4. The molecule has 2 rings (SSSR count). The molecule has 0 fully saturated rings. The Balaban J connectivity index is 2.14. The molecule has 0 radical (unpaired) electrons. The summed E-state index contributed by atoms with van der Waals surface area (Å²) in [4.78, 5) is 3.76. The first kappa shape index (κ1) is 10.6. The minimum atomic E-state index is 0.0577. The molecule has 0 amide bonds. The van der Waals surface area contributed by atoms with E-state index in [4.69, 9.17) is 0 Å². The Morgan fingerprint density at radius 1 is 1.50 bits per heavy atom. The molecule has 0 saturated heterocycles. The Morgan fingerprint density at radius 2 is 2.31 bits per heavy atom. The molecule has 0 aliphatic carbocycles. The molecule has 0 aliphatic rings. The van der Waals surface area contributed by atoms with E-state index in [9.17, 15) is 5.11 Å². The monoisotopic (exact) mass is 218 g/mol. The maximum Gasteiger partial charge on any atom is 0.210 e. The number of aryl methyl sites for hydroxylation is 1. The smallest absolute Gasteiger partial charge is 0.210 e. The molecule has 1 unspecified atom stereocenters. The van der Waals surface area contributed by atoms with Crippen molar-refractivity contribution in [3.63, 3.8) is 0 Å². The van der Waals surface area contributed by atoms with Crippen LogP contribution >= 0.6 is 0 Å². The van der Waals surface area contributed by atoms with Crippen molar-refractivity contribution in [3.05, 3.63) is 36.0 Å². The van der Waals surface area contributed by atoms with Gasteiger partial charge in [0.15, 0.2) is 0 Å². The van der Waals surface area contributed by atoms with Gasteiger partial charge in [-0.15, -0.1) is 10.2 Å². The van der Waals surface area contributed by atoms with Crippen LogP contribution in [-0.2, 0) is 13.5 Å². The summed E-state index contributed by atoms with van der Waals surface area (Å²) in [5.41, 5.74) is 1.05. The molecule has 1 atom stereocenters. The first-order chi connectivity index (χ1) is 7.66. The Bertz CT molecular complexity index is 480. The molecule has 0 saturated carbocycles. The Morgan fingerprint density at radius 3 is 2.94 bits per heavy atom. The molecule has 5 heteroatoms. The fourth-order valence-corrected chi connectivity index (χ4v) is 1.62. The summed E-state index contributed by atoms with van der Waals surface area (Å²) in [5, 5.41) is 17.2. The van der Waals surface area contributed by atoms with E-state index in [1.165, 1.54) is 0 Å². The SMILES string of the molecule is CC(Cc1nncn1C)c1ccnc(O)c1. The van der Waals surface area contributed by atoms with Gasteiger partial charge >= 0.3 is 0 Å². The summed E-state index contributed by atoms with van der Waals surface area (Å²) >= 11 is 0. The summed E-state index contributed by atoms with van der Waals surface area (Å²) in [6, 6.07) is 3.59. The van der Waals surface area contributed by atoms with Crippen molar-refractivity contribution in [3.8, 4) is 5.88 Å². The number of aromatic nitrogens is 4. The summed E-state index contributed by atoms with van der Waals surface area (Å²) in [6.07, 6.45) is 4.09. The average Bonchev–Trinajstić information content (AvgIpc) is 2.64. The number of aromatic hydroxyl groups is 1. The van der Waals surface area contributed by atoms with Crippen LogP contribution in [0.5, 0.6) is 5.88 Å². The van der Waals surface area contributed by atoms with Crippen LogP contribution in [0, 0.1) is 0 Å². The lowest BCUT2D eigenvalue weighted by molar-refractivity contribution is 0.451. The van der Waals surface area contributed by atoms with E-state index in [2.05, 4.69) is 22.1 Å². The molecule has 2 aromatic heterocycles. The van der Waals surface area contributed by atoms with Crippen LogP contribution in [0.25, 0.3) is 0 Å². The van der Waals surface area contributed by atoms with E-state index in [1.54, 1.807) is 18.6 Å². The predicted molar refractivity (Wildman–Crippen MR) is 59.0 cm³/mol. The second-order valence-corrected chi connectivity index (χ2v) is 3.91. The van der Waals surface area contributed by atoms with Gasteiger partial charge in [0, 0.05) is 25.7 Å². The van der Waals surface area contributed by atoms with Crippen molar-refractivity contribution in [2.24, 2.45) is 7.05 Å². The average molecular weight is 218 g/mol. The molecule has 2 aromatic rings. The van der Waals surface area contributed by atoms with Crippen molar-refractivity contribution in [2.45, 2.75) is 19.3 Å². The summed E-state index contributed by atoms with van der Waals surface area (Å²) in [5.74, 6) is 1.27. The van der Waals surface area contributed by atoms with Crippen LogP contribution < -0.4 is 0 Å². The molecular formula is C11H14N4O. The van der Waals surface area contributed by atoms with Gasteiger partial charge in [-0.1, -0.05) is 6.92 Å². The molecule has 0 spiro atoms. The first-order valence-corrected chi connectivity index (χ1v) is 5.14. The fourth-order valence-electron chi connectivity index (χ4n) is 1.62. The van der Waals surface area contributed by atoms with Crippen LogP contribution in [0.2, 0.25) is 0 Å². The maximum absolute atomic E-state index is 9.30. The zero-order chi connectivity index (χ0) is 11.5. The minimum absolute atomic E-state index is 0.0577. The van der Waals surface area contributed by atoms with Gasteiger partial charge in [0.1, 0.15) is 12.2 Å². The molecule has 1 N–H and O–H groups in total. The third-order valence-electron chi connectivity index (χ3n) is 2.63. The van der Waals surface area contributed by atoms with Crippen LogP contribution in [0.1, 0.15) is 24.2 Å². The van der Waals surface area contributed by atoms with E-state index in [0.29, 0.717) is 0 Å². The van der Waals surface area contributed by atoms with E-state index in [-0.39, 0.29) is 11.8 Å². The van der Waals surface area contributed by atoms with E-state index >= 15 is 0 Å². The summed E-state index contributed by atoms with van der Waals surface area (Å²) in [7, 11) is 1.92. The molecule has 0 bridgehead atoms. The van der Waals surface area contributed by atoms with Crippen LogP contribution in [0.3, 0.4) is 0 Å². The normalized spacial score (nSPS) is 12.6. The Hall–Kier alpha value is -1.91. The van der Waals surface area contributed by atoms with E-state index in [1.807, 2.05) is 17.7 Å². The highest BCUT2D eigenvalue weighted by Crippen LogP contribution is 2.20. The van der Waals surface area contributed by atoms with E-state index < -0.39 is 0 Å². The molecule has 2 heterocycles. The maximum atomic E-state index is 9.30. The third kappa shape index (κ3) is 2.18. The van der Waals surface area contributed by atoms with Gasteiger partial charge in [0.2, 0.25) is 5.88 Å². The number of rotatable bonds is 3. The predicted octanol–water partition coefficient (Wildman–Crippen LogP) is 1.26. The van der Waals surface area contributed by atoms with Crippen molar-refractivity contribution in [1.82, 2.24) is 19.7 Å². The summed E-state index contributed by atoms with van der Waals surface area (Å²) < 4.78 is 1.90. The molecule has 16 heavy (non-hydrogen) atoms. The number of hydrogen-bond donors (Lipinski definition) is 1. The third-order valence-corrected chi connectivity index (χ3v) is 2.63. The van der Waals surface area contributed by atoms with Gasteiger partial charge in [-0.3, -0.25) is 0 Å². The van der Waals surface area contributed by atoms with Gasteiger partial charge in [0.25, 0.3) is 0 Å². The molecule has 5 nitrogen and oxygen atoms in total. The van der Waals surface area contributed by atoms with Crippen molar-refractivity contribution in [1.29, 1.82) is 0 Å². The second kappa shape index (κ2) is 4.30. The Labute approximate surface area is 93.8 Å². The highest BCUT2D eigenvalue weighted by atomic mass is 16.3. The zero-order valence-electron chi connectivity index (χ0n) is 9.33. The second-order valence-electron chi connectivity index (χ2n) is 3.91. The summed E-state index contributed by atoms with van der Waals surface area (Å²) in [6.45, 7) is 2.09. The Kier molecular flexibility index (Phi) is 2.85. The van der Waals surface area contributed by atoms with Crippen LogP contribution in [0.15, 0.2) is 24.7 Å². The fraction of sp³-hybridized carbons (Fsp3) is 0.364. The minimum Gasteiger partial charge on any atom is -0.493 e. The first-order valence-electron chi connectivity index (χ1n) is 5.14. The number of nitrogens with zero attached hydrogens (tertiary/aromatic N) is 4. The molecule has 84 valence electrons. The van der Waals surface area contributed by atoms with E-state index in [0.717, 1.165) is 17.8 Å². The molecule has 0 aromatic carbocycles. The van der Waals surface area contributed by atoms with Crippen LogP contribution in [-0.4, -0.2) is 24.9 Å². The lowest BCUT2D eigenvalue weighted by Crippen LogP contribution is -2.04. The highest BCUT2D eigenvalue weighted by Gasteiger charge is 2.10.